The SMILES string of the molecule is CCCC(CNCC(C)C)OCCN(CC)CC. The first-order valence-electron chi connectivity index (χ1n) is 7.68. The van der Waals surface area contributed by atoms with Crippen molar-refractivity contribution in [2.75, 3.05) is 39.3 Å². The van der Waals surface area contributed by atoms with Gasteiger partial charge in [-0.1, -0.05) is 41.0 Å². The molecule has 0 aliphatic rings. The van der Waals surface area contributed by atoms with Crippen LogP contribution in [0.2, 0.25) is 0 Å². The molecule has 1 N–H and O–H groups in total. The number of ether oxygens (including phenoxy) is 1. The van der Waals surface area contributed by atoms with Gasteiger partial charge in [-0.2, -0.15) is 0 Å². The lowest BCUT2D eigenvalue weighted by Gasteiger charge is -2.22. The van der Waals surface area contributed by atoms with Gasteiger partial charge < -0.3 is 15.0 Å². The minimum absolute atomic E-state index is 0.379. The summed E-state index contributed by atoms with van der Waals surface area (Å²) in [6.45, 7) is 17.3. The highest BCUT2D eigenvalue weighted by Gasteiger charge is 2.08. The quantitative estimate of drug-likeness (QED) is 0.582. The van der Waals surface area contributed by atoms with Crippen molar-refractivity contribution in [2.45, 2.75) is 53.6 Å². The van der Waals surface area contributed by atoms with Crippen LogP contribution in [0.5, 0.6) is 0 Å². The molecule has 0 aromatic heterocycles. The minimum Gasteiger partial charge on any atom is -0.376 e. The first-order valence-corrected chi connectivity index (χ1v) is 7.68. The Morgan fingerprint density at radius 2 is 1.72 bits per heavy atom. The molecule has 0 bridgehead atoms. The lowest BCUT2D eigenvalue weighted by Crippen LogP contribution is -2.34. The molecule has 0 heterocycles. The molecule has 0 radical (unpaired) electrons. The van der Waals surface area contributed by atoms with Crippen LogP contribution in [0.3, 0.4) is 0 Å². The standard InChI is InChI=1S/C15H34N2O/c1-6-9-15(13-16-12-14(4)5)18-11-10-17(7-2)8-3/h14-16H,6-13H2,1-5H3. The van der Waals surface area contributed by atoms with Crippen molar-refractivity contribution < 1.29 is 4.74 Å². The summed E-state index contributed by atoms with van der Waals surface area (Å²) < 4.78 is 5.99. The van der Waals surface area contributed by atoms with E-state index in [1.807, 2.05) is 0 Å². The Morgan fingerprint density at radius 1 is 1.06 bits per heavy atom. The van der Waals surface area contributed by atoms with Gasteiger partial charge in [0.1, 0.15) is 0 Å². The number of likely N-dealkylation sites (N-methyl/N-ethyl adjacent to an activating group) is 1. The molecule has 0 fully saturated rings. The lowest BCUT2D eigenvalue weighted by molar-refractivity contribution is 0.0334. The molecular formula is C15H34N2O. The average molecular weight is 258 g/mol. The molecule has 1 unspecified atom stereocenters. The van der Waals surface area contributed by atoms with E-state index in [0.29, 0.717) is 12.0 Å². The van der Waals surface area contributed by atoms with E-state index >= 15 is 0 Å². The second-order valence-electron chi connectivity index (χ2n) is 5.36. The van der Waals surface area contributed by atoms with Gasteiger partial charge in [-0.25, -0.2) is 0 Å². The van der Waals surface area contributed by atoms with Gasteiger partial charge >= 0.3 is 0 Å². The van der Waals surface area contributed by atoms with Crippen molar-refractivity contribution in [3.63, 3.8) is 0 Å². The van der Waals surface area contributed by atoms with E-state index in [0.717, 1.165) is 45.8 Å². The second kappa shape index (κ2) is 11.9. The zero-order chi connectivity index (χ0) is 13.8. The molecule has 1 atom stereocenters. The smallest absolute Gasteiger partial charge is 0.0700 e. The Labute approximate surface area is 114 Å². The molecule has 0 saturated carbocycles. The maximum atomic E-state index is 5.99. The molecule has 0 rings (SSSR count). The van der Waals surface area contributed by atoms with Gasteiger partial charge in [-0.05, 0) is 32.0 Å². The number of hydrogen-bond donors (Lipinski definition) is 1. The second-order valence-corrected chi connectivity index (χ2v) is 5.36. The summed E-state index contributed by atoms with van der Waals surface area (Å²) in [6, 6.07) is 0. The summed E-state index contributed by atoms with van der Waals surface area (Å²) in [6.07, 6.45) is 2.73. The van der Waals surface area contributed by atoms with Crippen molar-refractivity contribution in [3.05, 3.63) is 0 Å². The number of rotatable bonds is 12. The molecule has 0 aromatic rings. The zero-order valence-electron chi connectivity index (χ0n) is 13.2. The fourth-order valence-electron chi connectivity index (χ4n) is 1.99. The fraction of sp³-hybridized carbons (Fsp3) is 1.00. The number of nitrogens with zero attached hydrogens (tertiary/aromatic N) is 1. The van der Waals surface area contributed by atoms with E-state index < -0.39 is 0 Å². The van der Waals surface area contributed by atoms with Gasteiger partial charge in [-0.3, -0.25) is 0 Å². The molecular weight excluding hydrogens is 224 g/mol. The molecule has 0 aliphatic heterocycles. The van der Waals surface area contributed by atoms with Crippen molar-refractivity contribution in [2.24, 2.45) is 5.92 Å². The minimum atomic E-state index is 0.379. The largest absolute Gasteiger partial charge is 0.376 e. The molecule has 3 heteroatoms. The Morgan fingerprint density at radius 3 is 2.22 bits per heavy atom. The summed E-state index contributed by atoms with van der Waals surface area (Å²) in [5.41, 5.74) is 0. The first kappa shape index (κ1) is 17.9. The van der Waals surface area contributed by atoms with Gasteiger partial charge in [0.15, 0.2) is 0 Å². The van der Waals surface area contributed by atoms with E-state index in [2.05, 4.69) is 44.8 Å². The van der Waals surface area contributed by atoms with Crippen LogP contribution < -0.4 is 5.32 Å². The third-order valence-corrected chi connectivity index (χ3v) is 3.19. The predicted molar refractivity (Wildman–Crippen MR) is 80.1 cm³/mol. The Kier molecular flexibility index (Phi) is 11.9. The fourth-order valence-corrected chi connectivity index (χ4v) is 1.99. The van der Waals surface area contributed by atoms with Crippen LogP contribution >= 0.6 is 0 Å². The van der Waals surface area contributed by atoms with Gasteiger partial charge in [0.25, 0.3) is 0 Å². The van der Waals surface area contributed by atoms with Crippen molar-refractivity contribution in [1.29, 1.82) is 0 Å². The molecule has 0 saturated heterocycles. The average Bonchev–Trinajstić information content (AvgIpc) is 2.34. The summed E-state index contributed by atoms with van der Waals surface area (Å²) in [5, 5.41) is 3.50. The van der Waals surface area contributed by atoms with Crippen LogP contribution in [0.25, 0.3) is 0 Å². The normalized spacial score (nSPS) is 13.5. The molecule has 0 aromatic carbocycles. The van der Waals surface area contributed by atoms with Gasteiger partial charge in [0.2, 0.25) is 0 Å². The summed E-state index contributed by atoms with van der Waals surface area (Å²) >= 11 is 0. The van der Waals surface area contributed by atoms with E-state index in [9.17, 15) is 0 Å². The highest BCUT2D eigenvalue weighted by molar-refractivity contribution is 4.63. The third-order valence-electron chi connectivity index (χ3n) is 3.19. The van der Waals surface area contributed by atoms with E-state index in [1.54, 1.807) is 0 Å². The van der Waals surface area contributed by atoms with E-state index in [-0.39, 0.29) is 0 Å². The zero-order valence-corrected chi connectivity index (χ0v) is 13.2. The van der Waals surface area contributed by atoms with Crippen LogP contribution in [0, 0.1) is 5.92 Å². The third kappa shape index (κ3) is 9.86. The first-order chi connectivity index (χ1) is 8.63. The molecule has 0 amide bonds. The van der Waals surface area contributed by atoms with Crippen LogP contribution in [-0.2, 0) is 4.74 Å². The maximum Gasteiger partial charge on any atom is 0.0700 e. The van der Waals surface area contributed by atoms with Crippen molar-refractivity contribution in [1.82, 2.24) is 10.2 Å². The number of hydrogen-bond acceptors (Lipinski definition) is 3. The Balaban J connectivity index is 3.74. The lowest BCUT2D eigenvalue weighted by atomic mass is 10.2. The predicted octanol–water partition coefficient (Wildman–Crippen LogP) is 2.76. The molecule has 0 spiro atoms. The molecule has 0 aliphatic carbocycles. The van der Waals surface area contributed by atoms with Crippen LogP contribution in [0.15, 0.2) is 0 Å². The van der Waals surface area contributed by atoms with Gasteiger partial charge in [0.05, 0.1) is 12.7 Å². The Hall–Kier alpha value is -0.120. The van der Waals surface area contributed by atoms with E-state index in [4.69, 9.17) is 4.74 Å². The summed E-state index contributed by atoms with van der Waals surface area (Å²) in [4.78, 5) is 2.41. The van der Waals surface area contributed by atoms with Crippen LogP contribution in [-0.4, -0.2) is 50.3 Å². The van der Waals surface area contributed by atoms with Gasteiger partial charge in [0, 0.05) is 13.1 Å². The number of nitrogens with one attached hydrogen (secondary N) is 1. The van der Waals surface area contributed by atoms with Crippen molar-refractivity contribution in [3.8, 4) is 0 Å². The van der Waals surface area contributed by atoms with Crippen molar-refractivity contribution >= 4 is 0 Å². The molecule has 110 valence electrons. The van der Waals surface area contributed by atoms with E-state index in [1.165, 1.54) is 6.42 Å². The maximum absolute atomic E-state index is 5.99. The highest BCUT2D eigenvalue weighted by Crippen LogP contribution is 2.02. The molecule has 18 heavy (non-hydrogen) atoms. The van der Waals surface area contributed by atoms with Crippen LogP contribution in [0.1, 0.15) is 47.5 Å². The summed E-state index contributed by atoms with van der Waals surface area (Å²) in [7, 11) is 0. The Bertz CT molecular complexity index is 170. The van der Waals surface area contributed by atoms with Crippen LogP contribution in [0.4, 0.5) is 0 Å². The summed E-state index contributed by atoms with van der Waals surface area (Å²) in [5.74, 6) is 0.711. The topological polar surface area (TPSA) is 24.5 Å². The monoisotopic (exact) mass is 258 g/mol. The molecule has 3 nitrogen and oxygen atoms in total. The highest BCUT2D eigenvalue weighted by atomic mass is 16.5. The van der Waals surface area contributed by atoms with Gasteiger partial charge in [-0.15, -0.1) is 0 Å².